The number of ether oxygens (including phenoxy) is 1. The molecule has 0 unspecified atom stereocenters. The van der Waals surface area contributed by atoms with Gasteiger partial charge in [0.25, 0.3) is 0 Å². The van der Waals surface area contributed by atoms with Gasteiger partial charge < -0.3 is 18.8 Å². The highest BCUT2D eigenvalue weighted by molar-refractivity contribution is 5.49. The quantitative estimate of drug-likeness (QED) is 0.769. The summed E-state index contributed by atoms with van der Waals surface area (Å²) in [5.41, 5.74) is 1.94. The second-order valence-electron chi connectivity index (χ2n) is 6.27. The van der Waals surface area contributed by atoms with Gasteiger partial charge in [0, 0.05) is 25.2 Å². The van der Waals surface area contributed by atoms with Gasteiger partial charge in [0.2, 0.25) is 5.76 Å². The standard InChI is InChI=1S/C19H20N2O4/c1-23-16-5-2-4-13(8-16)17-10-15(22)12-21(17)11-14-9-19(25-20-14)18-6-3-7-24-18/h2-9,15,17,22H,10-12H2,1H3/t15-,17-/m0/s1. The summed E-state index contributed by atoms with van der Waals surface area (Å²) < 4.78 is 16.0. The zero-order chi connectivity index (χ0) is 17.2. The third-order valence-electron chi connectivity index (χ3n) is 4.55. The van der Waals surface area contributed by atoms with Gasteiger partial charge in [-0.15, -0.1) is 0 Å². The summed E-state index contributed by atoms with van der Waals surface area (Å²) in [4.78, 5) is 2.21. The van der Waals surface area contributed by atoms with Crippen LogP contribution < -0.4 is 4.74 Å². The number of methoxy groups -OCH3 is 1. The number of nitrogens with zero attached hydrogens (tertiary/aromatic N) is 2. The third-order valence-corrected chi connectivity index (χ3v) is 4.55. The van der Waals surface area contributed by atoms with Crippen molar-refractivity contribution in [1.29, 1.82) is 0 Å². The van der Waals surface area contributed by atoms with Crippen molar-refractivity contribution < 1.29 is 18.8 Å². The van der Waals surface area contributed by atoms with Crippen LogP contribution >= 0.6 is 0 Å². The highest BCUT2D eigenvalue weighted by Crippen LogP contribution is 2.35. The third kappa shape index (κ3) is 3.31. The van der Waals surface area contributed by atoms with E-state index in [2.05, 4.69) is 16.1 Å². The minimum absolute atomic E-state index is 0.119. The van der Waals surface area contributed by atoms with Crippen LogP contribution in [0.4, 0.5) is 0 Å². The van der Waals surface area contributed by atoms with E-state index >= 15 is 0 Å². The molecular formula is C19H20N2O4. The summed E-state index contributed by atoms with van der Waals surface area (Å²) in [6.07, 6.45) is 1.94. The van der Waals surface area contributed by atoms with E-state index in [-0.39, 0.29) is 12.1 Å². The van der Waals surface area contributed by atoms with E-state index in [1.807, 2.05) is 36.4 Å². The normalized spacial score (nSPS) is 20.9. The smallest absolute Gasteiger partial charge is 0.202 e. The van der Waals surface area contributed by atoms with Gasteiger partial charge in [-0.25, -0.2) is 0 Å². The predicted octanol–water partition coefficient (Wildman–Crippen LogP) is 3.25. The van der Waals surface area contributed by atoms with Crippen LogP contribution in [0.15, 0.2) is 57.7 Å². The molecule has 4 rings (SSSR count). The van der Waals surface area contributed by atoms with Crippen LogP contribution in [-0.2, 0) is 6.54 Å². The SMILES string of the molecule is COc1cccc([C@@H]2C[C@H](O)CN2Cc2cc(-c3ccco3)on2)c1. The lowest BCUT2D eigenvalue weighted by atomic mass is 10.0. The Bertz CT molecular complexity index is 828. The van der Waals surface area contributed by atoms with E-state index in [1.165, 1.54) is 0 Å². The zero-order valence-electron chi connectivity index (χ0n) is 14.0. The first-order valence-corrected chi connectivity index (χ1v) is 8.28. The maximum atomic E-state index is 10.2. The van der Waals surface area contributed by atoms with Gasteiger partial charge in [-0.1, -0.05) is 17.3 Å². The number of aromatic nitrogens is 1. The summed E-state index contributed by atoms with van der Waals surface area (Å²) in [6.45, 7) is 1.20. The molecule has 0 saturated carbocycles. The first-order chi connectivity index (χ1) is 12.2. The molecule has 1 aliphatic rings. The molecule has 6 nitrogen and oxygen atoms in total. The van der Waals surface area contributed by atoms with Gasteiger partial charge in [0.1, 0.15) is 5.75 Å². The summed E-state index contributed by atoms with van der Waals surface area (Å²) >= 11 is 0. The fraction of sp³-hybridized carbons (Fsp3) is 0.316. The lowest BCUT2D eigenvalue weighted by molar-refractivity contribution is 0.171. The fourth-order valence-corrected chi connectivity index (χ4v) is 3.38. The number of aliphatic hydroxyl groups excluding tert-OH is 1. The highest BCUT2D eigenvalue weighted by Gasteiger charge is 2.32. The summed E-state index contributed by atoms with van der Waals surface area (Å²) in [7, 11) is 1.66. The second-order valence-corrected chi connectivity index (χ2v) is 6.27. The molecule has 3 heterocycles. The molecule has 6 heteroatoms. The minimum atomic E-state index is -0.354. The van der Waals surface area contributed by atoms with Crippen molar-refractivity contribution in [3.8, 4) is 17.3 Å². The Morgan fingerprint density at radius 1 is 1.24 bits per heavy atom. The average molecular weight is 340 g/mol. The molecular weight excluding hydrogens is 320 g/mol. The van der Waals surface area contributed by atoms with Gasteiger partial charge in [-0.3, -0.25) is 4.90 Å². The van der Waals surface area contributed by atoms with Crippen LogP contribution in [0.5, 0.6) is 5.75 Å². The van der Waals surface area contributed by atoms with E-state index < -0.39 is 0 Å². The Kier molecular flexibility index (Phi) is 4.29. The highest BCUT2D eigenvalue weighted by atomic mass is 16.5. The lowest BCUT2D eigenvalue weighted by Gasteiger charge is -2.23. The van der Waals surface area contributed by atoms with Gasteiger partial charge in [-0.2, -0.15) is 0 Å². The zero-order valence-corrected chi connectivity index (χ0v) is 14.0. The van der Waals surface area contributed by atoms with Crippen LogP contribution in [0.25, 0.3) is 11.5 Å². The Balaban J connectivity index is 1.54. The molecule has 0 bridgehead atoms. The molecule has 1 N–H and O–H groups in total. The van der Waals surface area contributed by atoms with Gasteiger partial charge in [0.05, 0.1) is 25.2 Å². The maximum Gasteiger partial charge on any atom is 0.202 e. The number of benzene rings is 1. The van der Waals surface area contributed by atoms with Crippen LogP contribution in [0.3, 0.4) is 0 Å². The Morgan fingerprint density at radius 2 is 2.16 bits per heavy atom. The van der Waals surface area contributed by atoms with E-state index in [9.17, 15) is 5.11 Å². The van der Waals surface area contributed by atoms with Gasteiger partial charge >= 0.3 is 0 Å². The first kappa shape index (κ1) is 15.9. The lowest BCUT2D eigenvalue weighted by Crippen LogP contribution is -2.24. The number of rotatable bonds is 5. The van der Waals surface area contributed by atoms with Crippen LogP contribution in [-0.4, -0.2) is 34.9 Å². The molecule has 2 aromatic heterocycles. The van der Waals surface area contributed by atoms with Crippen molar-refractivity contribution in [2.45, 2.75) is 25.1 Å². The molecule has 2 atom stereocenters. The first-order valence-electron chi connectivity index (χ1n) is 8.28. The number of β-amino-alcohol motifs (C(OH)–C–C–N with tert-alkyl or cyclic N) is 1. The fourth-order valence-electron chi connectivity index (χ4n) is 3.38. The number of likely N-dealkylation sites (tertiary alicyclic amines) is 1. The maximum absolute atomic E-state index is 10.2. The van der Waals surface area contributed by atoms with E-state index in [4.69, 9.17) is 13.7 Å². The Morgan fingerprint density at radius 3 is 2.96 bits per heavy atom. The van der Waals surface area contributed by atoms with Crippen molar-refractivity contribution in [3.05, 3.63) is 60.0 Å². The van der Waals surface area contributed by atoms with Crippen molar-refractivity contribution in [2.24, 2.45) is 0 Å². The van der Waals surface area contributed by atoms with Gasteiger partial charge in [0.15, 0.2) is 5.76 Å². The topological polar surface area (TPSA) is 71.9 Å². The van der Waals surface area contributed by atoms with Crippen molar-refractivity contribution in [1.82, 2.24) is 10.1 Å². The number of furan rings is 1. The Hall–Kier alpha value is -2.57. The number of aliphatic hydroxyl groups is 1. The summed E-state index contributed by atoms with van der Waals surface area (Å²) in [6, 6.07) is 13.6. The van der Waals surface area contributed by atoms with Crippen LogP contribution in [0.2, 0.25) is 0 Å². The monoisotopic (exact) mass is 340 g/mol. The summed E-state index contributed by atoms with van der Waals surface area (Å²) in [5.74, 6) is 2.09. The predicted molar refractivity (Wildman–Crippen MR) is 91.0 cm³/mol. The Labute approximate surface area is 145 Å². The molecule has 0 amide bonds. The average Bonchev–Trinajstić information content (AvgIpc) is 3.36. The number of hydrogen-bond acceptors (Lipinski definition) is 6. The second kappa shape index (κ2) is 6.74. The summed E-state index contributed by atoms with van der Waals surface area (Å²) in [5, 5.41) is 14.3. The minimum Gasteiger partial charge on any atom is -0.497 e. The molecule has 0 radical (unpaired) electrons. The molecule has 0 spiro atoms. The molecule has 1 aromatic carbocycles. The van der Waals surface area contributed by atoms with Crippen LogP contribution in [0.1, 0.15) is 23.7 Å². The van der Waals surface area contributed by atoms with Gasteiger partial charge in [-0.05, 0) is 36.2 Å². The molecule has 25 heavy (non-hydrogen) atoms. The van der Waals surface area contributed by atoms with Crippen LogP contribution in [0, 0.1) is 0 Å². The van der Waals surface area contributed by atoms with Crippen molar-refractivity contribution in [2.75, 3.05) is 13.7 Å². The van der Waals surface area contributed by atoms with E-state index in [0.717, 1.165) is 17.0 Å². The van der Waals surface area contributed by atoms with Crippen molar-refractivity contribution in [3.63, 3.8) is 0 Å². The molecule has 1 saturated heterocycles. The molecule has 3 aromatic rings. The van der Waals surface area contributed by atoms with E-state index in [1.54, 1.807) is 13.4 Å². The molecule has 130 valence electrons. The molecule has 1 aliphatic heterocycles. The molecule has 1 fully saturated rings. The van der Waals surface area contributed by atoms with E-state index in [0.29, 0.717) is 31.0 Å². The molecule has 0 aliphatic carbocycles. The largest absolute Gasteiger partial charge is 0.497 e. The van der Waals surface area contributed by atoms with Crippen molar-refractivity contribution >= 4 is 0 Å². The number of hydrogen-bond donors (Lipinski definition) is 1.